The lowest BCUT2D eigenvalue weighted by Gasteiger charge is -2.11. The Morgan fingerprint density at radius 1 is 0.315 bits per heavy atom. The van der Waals surface area contributed by atoms with Crippen molar-refractivity contribution in [3.63, 3.8) is 0 Å². The molecule has 2 aliphatic rings. The predicted octanol–water partition coefficient (Wildman–Crippen LogP) is 14.2. The summed E-state index contributed by atoms with van der Waals surface area (Å²) < 4.78 is 8.11. The van der Waals surface area contributed by atoms with Crippen LogP contribution in [0.4, 0.5) is 0 Å². The number of aryl methyl sites for hydroxylation is 2. The Bertz CT molecular complexity index is 2470. The molecule has 8 heteroatoms. The molecule has 0 fully saturated rings. The van der Waals surface area contributed by atoms with Gasteiger partial charge in [0.15, 0.2) is 0 Å². The third-order valence-electron chi connectivity index (χ3n) is 10.1. The molecule has 0 amide bonds. The van der Waals surface area contributed by atoms with Crippen molar-refractivity contribution in [2.75, 3.05) is 0 Å². The Kier molecular flexibility index (Phi) is 9.26. The summed E-state index contributed by atoms with van der Waals surface area (Å²) in [5.74, 6) is 0. The molecule has 2 aliphatic heterocycles. The summed E-state index contributed by atoms with van der Waals surface area (Å²) in [6.07, 6.45) is 0. The maximum Gasteiger partial charge on any atom is 0.0891 e. The van der Waals surface area contributed by atoms with Crippen LogP contribution in [0, 0.1) is 0 Å². The monoisotopic (exact) mass is 954 g/mol. The minimum Gasteiger partial charge on any atom is -0.343 e. The van der Waals surface area contributed by atoms with Crippen LogP contribution in [0.15, 0.2) is 146 Å². The van der Waals surface area contributed by atoms with E-state index in [-0.39, 0.29) is 0 Å². The minimum atomic E-state index is 0.848. The molecule has 9 rings (SSSR count). The van der Waals surface area contributed by atoms with Crippen LogP contribution in [0.2, 0.25) is 0 Å². The van der Waals surface area contributed by atoms with Gasteiger partial charge in [0.2, 0.25) is 0 Å². The van der Waals surface area contributed by atoms with Crippen LogP contribution >= 0.6 is 63.7 Å². The van der Waals surface area contributed by atoms with Crippen LogP contribution in [0.3, 0.4) is 0 Å². The van der Waals surface area contributed by atoms with Crippen LogP contribution in [0.5, 0.6) is 0 Å². The summed E-state index contributed by atoms with van der Waals surface area (Å²) in [4.78, 5) is 11.1. The van der Waals surface area contributed by atoms with Gasteiger partial charge in [0.25, 0.3) is 0 Å². The lowest BCUT2D eigenvalue weighted by molar-refractivity contribution is 1.01. The number of halogens is 4. The summed E-state index contributed by atoms with van der Waals surface area (Å²) in [5.41, 5.74) is 15.8. The van der Waals surface area contributed by atoms with E-state index in [4.69, 9.17) is 9.97 Å². The highest BCUT2D eigenvalue weighted by Gasteiger charge is 2.28. The smallest absolute Gasteiger partial charge is 0.0891 e. The number of hydrogen-bond acceptors (Lipinski definition) is 2. The van der Waals surface area contributed by atoms with E-state index in [0.29, 0.717) is 0 Å². The van der Waals surface area contributed by atoms with Gasteiger partial charge in [-0.1, -0.05) is 121 Å². The van der Waals surface area contributed by atoms with E-state index in [9.17, 15) is 0 Å². The molecule has 0 saturated carbocycles. The molecule has 8 bridgehead atoms. The normalized spacial score (nSPS) is 12.9. The molecule has 7 aromatic rings. The quantitative estimate of drug-likeness (QED) is 0.176. The fourth-order valence-electron chi connectivity index (χ4n) is 7.57. The first-order valence-corrected chi connectivity index (χ1v) is 20.6. The predicted molar refractivity (Wildman–Crippen MR) is 241 cm³/mol. The Balaban J connectivity index is 1.60. The molecule has 262 valence electrons. The fourth-order valence-corrected chi connectivity index (χ4v) is 9.47. The van der Waals surface area contributed by atoms with Crippen molar-refractivity contribution >= 4 is 104 Å². The van der Waals surface area contributed by atoms with E-state index in [1.807, 2.05) is 0 Å². The molecule has 0 radical (unpaired) electrons. The number of benzene rings is 4. The van der Waals surface area contributed by atoms with E-state index in [1.54, 1.807) is 0 Å². The Hall–Kier alpha value is -4.60. The average Bonchev–Trinajstić information content (AvgIpc) is 3.93. The maximum atomic E-state index is 5.56. The molecule has 4 nitrogen and oxygen atoms in total. The van der Waals surface area contributed by atoms with Gasteiger partial charge in [-0.25, -0.2) is 9.97 Å². The summed E-state index contributed by atoms with van der Waals surface area (Å²) >= 11 is 16.2. The molecule has 0 spiro atoms. The van der Waals surface area contributed by atoms with Crippen LogP contribution in [0.25, 0.3) is 84.5 Å². The van der Waals surface area contributed by atoms with Crippen molar-refractivity contribution in [1.82, 2.24) is 19.1 Å². The van der Waals surface area contributed by atoms with Crippen molar-refractivity contribution in [3.05, 3.63) is 168 Å². The zero-order valence-corrected chi connectivity index (χ0v) is 35.5. The van der Waals surface area contributed by atoms with Crippen molar-refractivity contribution in [1.29, 1.82) is 0 Å². The zero-order chi connectivity index (χ0) is 37.1. The molecule has 0 atom stereocenters. The Labute approximate surface area is 347 Å². The zero-order valence-electron chi connectivity index (χ0n) is 29.2. The highest BCUT2D eigenvalue weighted by Crippen LogP contribution is 2.50. The van der Waals surface area contributed by atoms with Crippen molar-refractivity contribution in [2.45, 2.75) is 0 Å². The van der Waals surface area contributed by atoms with Gasteiger partial charge in [0, 0.05) is 36.3 Å². The first-order chi connectivity index (χ1) is 26.3. The molecule has 0 unspecified atom stereocenters. The van der Waals surface area contributed by atoms with Gasteiger partial charge >= 0.3 is 0 Å². The van der Waals surface area contributed by atoms with E-state index in [0.717, 1.165) is 107 Å². The van der Waals surface area contributed by atoms with Gasteiger partial charge in [-0.15, -0.1) is 0 Å². The molecule has 3 aromatic heterocycles. The van der Waals surface area contributed by atoms with Crippen LogP contribution in [0.1, 0.15) is 22.8 Å². The second-order valence-electron chi connectivity index (χ2n) is 13.2. The molecule has 0 saturated heterocycles. The molecule has 54 heavy (non-hydrogen) atoms. The first-order valence-electron chi connectivity index (χ1n) is 17.4. The van der Waals surface area contributed by atoms with E-state index >= 15 is 0 Å². The van der Waals surface area contributed by atoms with Crippen molar-refractivity contribution < 1.29 is 0 Å². The molecule has 5 heterocycles. The SMILES string of the molecule is Cn1c2ccc1c(-c1ccccc1)c1nc(c(-c3ccccc3)c3ccc(c(-c4ccccc4)c4nc(c2-c2ccccc2)C(Br)=C4Br)n3C)C(Br)=C1Br. The third-order valence-corrected chi connectivity index (χ3v) is 14.3. The molecular formula is C46H30Br4N4. The third kappa shape index (κ3) is 5.73. The van der Waals surface area contributed by atoms with Crippen molar-refractivity contribution in [3.8, 4) is 44.5 Å². The largest absolute Gasteiger partial charge is 0.343 e. The molecule has 0 N–H and O–H groups in total. The van der Waals surface area contributed by atoms with Crippen LogP contribution < -0.4 is 0 Å². The van der Waals surface area contributed by atoms with Crippen LogP contribution in [-0.2, 0) is 14.1 Å². The second-order valence-corrected chi connectivity index (χ2v) is 16.3. The highest BCUT2D eigenvalue weighted by atomic mass is 79.9. The number of aromatic nitrogens is 4. The minimum absolute atomic E-state index is 0.848. The van der Waals surface area contributed by atoms with Gasteiger partial charge in [0.05, 0.1) is 62.8 Å². The average molecular weight is 958 g/mol. The number of fused-ring (bicyclic) bond motifs is 8. The number of rotatable bonds is 4. The molecular weight excluding hydrogens is 928 g/mol. The summed E-state index contributed by atoms with van der Waals surface area (Å²) in [5, 5.41) is 0. The molecule has 0 aliphatic carbocycles. The summed E-state index contributed by atoms with van der Waals surface area (Å²) in [7, 11) is 4.26. The Morgan fingerprint density at radius 2 is 0.519 bits per heavy atom. The number of nitrogens with zero attached hydrogens (tertiary/aromatic N) is 4. The highest BCUT2D eigenvalue weighted by molar-refractivity contribution is 9.18. The lowest BCUT2D eigenvalue weighted by Crippen LogP contribution is -1.97. The lowest BCUT2D eigenvalue weighted by atomic mass is 10.0. The van der Waals surface area contributed by atoms with Gasteiger partial charge in [-0.3, -0.25) is 0 Å². The number of hydrogen-bond donors (Lipinski definition) is 0. The van der Waals surface area contributed by atoms with E-state index in [2.05, 4.69) is 233 Å². The topological polar surface area (TPSA) is 35.6 Å². The second kappa shape index (κ2) is 14.2. The van der Waals surface area contributed by atoms with E-state index < -0.39 is 0 Å². The first kappa shape index (κ1) is 35.1. The molecule has 4 aromatic carbocycles. The van der Waals surface area contributed by atoms with E-state index in [1.165, 1.54) is 0 Å². The fraction of sp³-hybridized carbons (Fsp3) is 0.0435. The summed E-state index contributed by atoms with van der Waals surface area (Å²) in [6, 6.07) is 50.9. The van der Waals surface area contributed by atoms with Gasteiger partial charge in [-0.2, -0.15) is 0 Å². The van der Waals surface area contributed by atoms with Gasteiger partial charge < -0.3 is 9.13 Å². The van der Waals surface area contributed by atoms with Gasteiger partial charge in [-0.05, 0) is 110 Å². The Morgan fingerprint density at radius 3 is 0.722 bits per heavy atom. The maximum absolute atomic E-state index is 5.56. The van der Waals surface area contributed by atoms with Crippen LogP contribution in [-0.4, -0.2) is 19.1 Å². The van der Waals surface area contributed by atoms with Crippen molar-refractivity contribution in [2.24, 2.45) is 14.1 Å². The summed E-state index contributed by atoms with van der Waals surface area (Å²) in [6.45, 7) is 0. The van der Waals surface area contributed by atoms with Gasteiger partial charge in [0.1, 0.15) is 0 Å². The standard InChI is InChI=1S/C46H30Br4N4/c1-53-31-23-24-32(53)36(28-17-9-4-10-18-28)44-40(48)42(50)46(52-44)38(30-21-13-6-14-22-30)34-26-25-33(54(34)2)37(29-19-11-5-12-20-29)45-41(49)39(47)43(51-45)35(31)27-15-7-3-8-16-27/h3-26H,1-2H3.